The molecule has 2 heterocycles. The minimum Gasteiger partial charge on any atom is -0.620 e. The fourth-order valence-corrected chi connectivity index (χ4v) is 5.69. The van der Waals surface area contributed by atoms with Gasteiger partial charge in [0.2, 0.25) is 5.71 Å². The first-order valence-electron chi connectivity index (χ1n) is 12.3. The van der Waals surface area contributed by atoms with Crippen LogP contribution in [-0.4, -0.2) is 46.4 Å². The van der Waals surface area contributed by atoms with E-state index in [4.69, 9.17) is 4.99 Å². The fourth-order valence-electron chi connectivity index (χ4n) is 5.03. The molecule has 35 heavy (non-hydrogen) atoms. The van der Waals surface area contributed by atoms with Gasteiger partial charge in [0.25, 0.3) is 0 Å². The van der Waals surface area contributed by atoms with Crippen molar-refractivity contribution < 1.29 is 4.74 Å². The van der Waals surface area contributed by atoms with Crippen molar-refractivity contribution in [1.82, 2.24) is 4.90 Å². The van der Waals surface area contributed by atoms with Gasteiger partial charge in [0, 0.05) is 24.3 Å². The molecule has 0 saturated carbocycles. The van der Waals surface area contributed by atoms with E-state index in [0.717, 1.165) is 58.4 Å². The van der Waals surface area contributed by atoms with Crippen molar-refractivity contribution in [3.05, 3.63) is 107 Å². The van der Waals surface area contributed by atoms with Crippen molar-refractivity contribution >= 4 is 28.3 Å². The first-order chi connectivity index (χ1) is 17.1. The highest BCUT2D eigenvalue weighted by atomic mass is 32.2. The molecule has 2 aliphatic heterocycles. The number of benzene rings is 3. The molecule has 1 unspecified atom stereocenters. The van der Waals surface area contributed by atoms with Crippen molar-refractivity contribution in [1.29, 1.82) is 0 Å². The van der Waals surface area contributed by atoms with Gasteiger partial charge in [-0.1, -0.05) is 65.9 Å². The van der Waals surface area contributed by atoms with Gasteiger partial charge in [0.05, 0.1) is 5.56 Å². The smallest absolute Gasteiger partial charge is 0.379 e. The summed E-state index contributed by atoms with van der Waals surface area (Å²) in [5, 5.41) is 15.4. The Kier molecular flexibility index (Phi) is 6.82. The number of hydroxylamine groups is 1. The lowest BCUT2D eigenvalue weighted by atomic mass is 10.1. The molecule has 3 aromatic carbocycles. The van der Waals surface area contributed by atoms with Crippen LogP contribution >= 0.6 is 11.8 Å². The van der Waals surface area contributed by atoms with Gasteiger partial charge >= 0.3 is 5.79 Å². The molecule has 0 amide bonds. The standard InChI is InChI=1S/C29H32N4OS/c1-23-16-18-26(19-17-23)32-22-27(24-12-6-3-7-13-24)33(34)29(32,25-14-8-4-9-15-25)30-28(35-2)31-20-10-5-11-21-31/h3-4,6-9,12-19H,5,10-11,20-22H2,1-2H3/b30-28-. The Morgan fingerprint density at radius 1 is 0.886 bits per heavy atom. The van der Waals surface area contributed by atoms with Crippen LogP contribution in [0.4, 0.5) is 5.69 Å². The van der Waals surface area contributed by atoms with Gasteiger partial charge in [0.1, 0.15) is 6.54 Å². The van der Waals surface area contributed by atoms with E-state index in [9.17, 15) is 5.21 Å². The predicted octanol–water partition coefficient (Wildman–Crippen LogP) is 5.83. The van der Waals surface area contributed by atoms with Crippen LogP contribution in [0.25, 0.3) is 0 Å². The van der Waals surface area contributed by atoms with Gasteiger partial charge in [0.15, 0.2) is 5.17 Å². The average molecular weight is 485 g/mol. The number of nitrogens with zero attached hydrogens (tertiary/aromatic N) is 4. The molecule has 1 saturated heterocycles. The molecule has 0 radical (unpaired) electrons. The van der Waals surface area contributed by atoms with Crippen molar-refractivity contribution in [2.45, 2.75) is 32.0 Å². The Labute approximate surface area is 212 Å². The molecule has 0 N–H and O–H groups in total. The van der Waals surface area contributed by atoms with Crippen LogP contribution in [0.3, 0.4) is 0 Å². The Bertz CT molecular complexity index is 1200. The molecule has 0 spiro atoms. The van der Waals surface area contributed by atoms with Crippen LogP contribution in [0.1, 0.15) is 36.0 Å². The summed E-state index contributed by atoms with van der Waals surface area (Å²) < 4.78 is 1.15. The van der Waals surface area contributed by atoms with Gasteiger partial charge in [-0.05, 0) is 68.8 Å². The molecule has 0 aromatic heterocycles. The average Bonchev–Trinajstić information content (AvgIpc) is 3.22. The highest BCUT2D eigenvalue weighted by Crippen LogP contribution is 2.41. The number of aliphatic imine (C=N–C) groups is 1. The quantitative estimate of drug-likeness (QED) is 0.202. The van der Waals surface area contributed by atoms with Gasteiger partial charge < -0.3 is 10.1 Å². The van der Waals surface area contributed by atoms with E-state index < -0.39 is 5.79 Å². The van der Waals surface area contributed by atoms with Gasteiger partial charge in [-0.3, -0.25) is 4.90 Å². The molecule has 0 bridgehead atoms. The summed E-state index contributed by atoms with van der Waals surface area (Å²) in [6, 6.07) is 28.4. The minimum absolute atomic E-state index is 0.469. The zero-order chi connectivity index (χ0) is 24.3. The molecule has 1 fully saturated rings. The zero-order valence-electron chi connectivity index (χ0n) is 20.4. The van der Waals surface area contributed by atoms with E-state index in [1.165, 1.54) is 12.0 Å². The van der Waals surface area contributed by atoms with Gasteiger partial charge in [-0.25, -0.2) is 0 Å². The van der Waals surface area contributed by atoms with E-state index in [2.05, 4.69) is 47.2 Å². The third-order valence-electron chi connectivity index (χ3n) is 6.89. The Morgan fingerprint density at radius 3 is 2.14 bits per heavy atom. The summed E-state index contributed by atoms with van der Waals surface area (Å²) in [6.07, 6.45) is 5.62. The number of likely N-dealkylation sites (tertiary alicyclic amines) is 1. The van der Waals surface area contributed by atoms with E-state index in [-0.39, 0.29) is 0 Å². The molecule has 5 rings (SSSR count). The summed E-state index contributed by atoms with van der Waals surface area (Å²) in [7, 11) is 0. The second-order valence-electron chi connectivity index (χ2n) is 9.18. The van der Waals surface area contributed by atoms with Gasteiger partial charge in [-0.2, -0.15) is 9.73 Å². The van der Waals surface area contributed by atoms with Crippen molar-refractivity contribution in [3.8, 4) is 0 Å². The van der Waals surface area contributed by atoms with Crippen LogP contribution in [0.15, 0.2) is 89.9 Å². The molecular weight excluding hydrogens is 452 g/mol. The lowest BCUT2D eigenvalue weighted by Gasteiger charge is -2.36. The molecule has 1 atom stereocenters. The lowest BCUT2D eigenvalue weighted by molar-refractivity contribution is -0.547. The van der Waals surface area contributed by atoms with Crippen molar-refractivity contribution in [3.63, 3.8) is 0 Å². The summed E-state index contributed by atoms with van der Waals surface area (Å²) in [6.45, 7) is 4.50. The predicted molar refractivity (Wildman–Crippen MR) is 147 cm³/mol. The van der Waals surface area contributed by atoms with Crippen LogP contribution < -0.4 is 4.90 Å². The molecule has 5 nitrogen and oxygen atoms in total. The van der Waals surface area contributed by atoms with Crippen molar-refractivity contribution in [2.24, 2.45) is 4.99 Å². The first kappa shape index (κ1) is 23.5. The van der Waals surface area contributed by atoms with E-state index in [1.807, 2.05) is 60.7 Å². The molecule has 3 aromatic rings. The lowest BCUT2D eigenvalue weighted by Crippen LogP contribution is -2.48. The SMILES string of the molecule is CS/C(=N\C1(c2ccccc2)N(c2ccc(C)cc2)CC(c2ccccc2)=[N+]1[O-])N1CCCCC1. The number of piperidine rings is 1. The molecule has 0 aliphatic carbocycles. The van der Waals surface area contributed by atoms with E-state index in [1.54, 1.807) is 11.8 Å². The first-order valence-corrected chi connectivity index (χ1v) is 13.5. The fraction of sp³-hybridized carbons (Fsp3) is 0.310. The zero-order valence-corrected chi connectivity index (χ0v) is 21.2. The normalized spacial score (nSPS) is 21.0. The number of hydrogen-bond donors (Lipinski definition) is 0. The largest absolute Gasteiger partial charge is 0.620 e. The van der Waals surface area contributed by atoms with Crippen LogP contribution in [0.5, 0.6) is 0 Å². The Morgan fingerprint density at radius 2 is 1.51 bits per heavy atom. The maximum atomic E-state index is 14.5. The summed E-state index contributed by atoms with van der Waals surface area (Å²) in [5.74, 6) is -1.24. The highest BCUT2D eigenvalue weighted by molar-refractivity contribution is 8.13. The maximum Gasteiger partial charge on any atom is 0.379 e. The van der Waals surface area contributed by atoms with E-state index in [0.29, 0.717) is 6.54 Å². The topological polar surface area (TPSA) is 44.9 Å². The Hall–Kier alpha value is -3.25. The van der Waals surface area contributed by atoms with Gasteiger partial charge in [-0.15, -0.1) is 0 Å². The third-order valence-corrected chi connectivity index (χ3v) is 7.60. The number of hydrogen-bond acceptors (Lipinski definition) is 4. The summed E-state index contributed by atoms with van der Waals surface area (Å²) in [5.41, 5.74) is 4.68. The molecule has 6 heteroatoms. The molecule has 2 aliphatic rings. The molecular formula is C29H32N4OS. The van der Waals surface area contributed by atoms with Crippen molar-refractivity contribution in [2.75, 3.05) is 30.8 Å². The second kappa shape index (κ2) is 10.2. The number of thioether (sulfide) groups is 1. The number of aryl methyl sites for hydroxylation is 1. The Balaban J connectivity index is 1.76. The van der Waals surface area contributed by atoms with Crippen LogP contribution in [0, 0.1) is 12.1 Å². The number of rotatable bonds is 4. The number of anilines is 1. The minimum atomic E-state index is -1.24. The third kappa shape index (κ3) is 4.43. The monoisotopic (exact) mass is 484 g/mol. The summed E-state index contributed by atoms with van der Waals surface area (Å²) >= 11 is 1.63. The van der Waals surface area contributed by atoms with Crippen LogP contribution in [0.2, 0.25) is 0 Å². The highest BCUT2D eigenvalue weighted by Gasteiger charge is 2.55. The van der Waals surface area contributed by atoms with Crippen LogP contribution in [-0.2, 0) is 5.79 Å². The maximum absolute atomic E-state index is 14.5. The second-order valence-corrected chi connectivity index (χ2v) is 9.95. The molecule has 180 valence electrons. The number of amidine groups is 1. The summed E-state index contributed by atoms with van der Waals surface area (Å²) in [4.78, 5) is 9.89. The van der Waals surface area contributed by atoms with E-state index >= 15 is 0 Å².